The van der Waals surface area contributed by atoms with Crippen LogP contribution in [0.4, 0.5) is 5.69 Å². The fourth-order valence-electron chi connectivity index (χ4n) is 1.30. The van der Waals surface area contributed by atoms with Crippen molar-refractivity contribution in [2.24, 2.45) is 0 Å². The van der Waals surface area contributed by atoms with E-state index in [1.807, 2.05) is 6.92 Å². The van der Waals surface area contributed by atoms with Crippen LogP contribution in [-0.4, -0.2) is 49.4 Å². The Morgan fingerprint density at radius 3 is 2.61 bits per heavy atom. The van der Waals surface area contributed by atoms with Gasteiger partial charge in [-0.3, -0.25) is 4.72 Å². The van der Waals surface area contributed by atoms with E-state index in [4.69, 9.17) is 0 Å². The molecule has 7 nitrogen and oxygen atoms in total. The summed E-state index contributed by atoms with van der Waals surface area (Å²) in [7, 11) is -1.99. The molecule has 2 N–H and O–H groups in total. The fraction of sp³-hybridized carbons (Fsp3) is 0.600. The van der Waals surface area contributed by atoms with Crippen molar-refractivity contribution in [3.63, 3.8) is 0 Å². The second-order valence-corrected chi connectivity index (χ2v) is 5.54. The van der Waals surface area contributed by atoms with Crippen molar-refractivity contribution in [2.45, 2.75) is 13.3 Å². The van der Waals surface area contributed by atoms with Crippen LogP contribution in [-0.2, 0) is 10.2 Å². The Bertz CT molecular complexity index is 437. The normalized spacial score (nSPS) is 11.7. The van der Waals surface area contributed by atoms with Crippen molar-refractivity contribution in [3.8, 4) is 0 Å². The summed E-state index contributed by atoms with van der Waals surface area (Å²) in [5.74, 6) is 0. The minimum Gasteiger partial charge on any atom is -0.317 e. The molecular formula is C10H19N5O2S. The van der Waals surface area contributed by atoms with Crippen LogP contribution in [0.3, 0.4) is 0 Å². The quantitative estimate of drug-likeness (QED) is 0.654. The molecule has 0 saturated heterocycles. The van der Waals surface area contributed by atoms with E-state index in [0.29, 0.717) is 12.2 Å². The van der Waals surface area contributed by atoms with Crippen LogP contribution in [0.5, 0.6) is 0 Å². The number of nitrogens with one attached hydrogen (secondary N) is 2. The predicted molar refractivity (Wildman–Crippen MR) is 70.4 cm³/mol. The predicted octanol–water partition coefficient (Wildman–Crippen LogP) is 0.0647. The molecule has 0 atom stereocenters. The van der Waals surface area contributed by atoms with Crippen molar-refractivity contribution in [1.82, 2.24) is 19.6 Å². The fourth-order valence-corrected chi connectivity index (χ4v) is 2.23. The van der Waals surface area contributed by atoms with E-state index >= 15 is 0 Å². The van der Waals surface area contributed by atoms with Gasteiger partial charge in [-0.25, -0.2) is 9.97 Å². The number of hydrogen-bond donors (Lipinski definition) is 2. The van der Waals surface area contributed by atoms with Gasteiger partial charge in [-0.2, -0.15) is 12.7 Å². The number of anilines is 1. The lowest BCUT2D eigenvalue weighted by Gasteiger charge is -2.17. The van der Waals surface area contributed by atoms with E-state index in [9.17, 15) is 8.42 Å². The lowest BCUT2D eigenvalue weighted by atomic mass is 10.4. The molecule has 0 aliphatic heterocycles. The van der Waals surface area contributed by atoms with Crippen LogP contribution in [0.25, 0.3) is 0 Å². The van der Waals surface area contributed by atoms with Gasteiger partial charge in [0.1, 0.15) is 6.33 Å². The molecule has 0 aliphatic rings. The summed E-state index contributed by atoms with van der Waals surface area (Å²) in [6, 6.07) is 0. The highest BCUT2D eigenvalue weighted by Gasteiger charge is 2.16. The van der Waals surface area contributed by atoms with Gasteiger partial charge in [0.05, 0.1) is 18.1 Å². The van der Waals surface area contributed by atoms with Crippen LogP contribution in [0, 0.1) is 0 Å². The minimum absolute atomic E-state index is 0.357. The van der Waals surface area contributed by atoms with Crippen LogP contribution >= 0.6 is 0 Å². The molecule has 0 bridgehead atoms. The molecule has 0 fully saturated rings. The third-order valence-electron chi connectivity index (χ3n) is 2.29. The second kappa shape index (κ2) is 7.24. The number of aromatic nitrogens is 2. The van der Waals surface area contributed by atoms with E-state index in [0.717, 1.165) is 19.5 Å². The molecule has 1 rings (SSSR count). The Labute approximate surface area is 108 Å². The summed E-state index contributed by atoms with van der Waals surface area (Å²) in [6.45, 7) is 4.15. The van der Waals surface area contributed by atoms with Gasteiger partial charge >= 0.3 is 10.2 Å². The largest absolute Gasteiger partial charge is 0.317 e. The molecule has 0 spiro atoms. The first-order valence-corrected chi connectivity index (χ1v) is 7.20. The van der Waals surface area contributed by atoms with E-state index in [1.165, 1.54) is 30.1 Å². The standard InChI is InChI=1S/C10H19N5O2S/c1-3-11-5-4-6-15(2)18(16,17)14-10-7-12-9-13-8-10/h7-9,11,14H,3-6H2,1-2H3. The molecule has 8 heteroatoms. The lowest BCUT2D eigenvalue weighted by Crippen LogP contribution is -2.34. The Kier molecular flexibility index (Phi) is 5.96. The zero-order valence-corrected chi connectivity index (χ0v) is 11.4. The topological polar surface area (TPSA) is 87.2 Å². The highest BCUT2D eigenvalue weighted by atomic mass is 32.2. The summed E-state index contributed by atoms with van der Waals surface area (Å²) in [4.78, 5) is 7.50. The number of rotatable bonds is 8. The highest BCUT2D eigenvalue weighted by Crippen LogP contribution is 2.07. The van der Waals surface area contributed by atoms with Crippen molar-refractivity contribution in [2.75, 3.05) is 31.4 Å². The van der Waals surface area contributed by atoms with Crippen LogP contribution < -0.4 is 10.0 Å². The average Bonchev–Trinajstić information content (AvgIpc) is 2.35. The maximum atomic E-state index is 11.9. The van der Waals surface area contributed by atoms with Gasteiger partial charge in [-0.1, -0.05) is 6.92 Å². The Morgan fingerprint density at radius 2 is 2.00 bits per heavy atom. The lowest BCUT2D eigenvalue weighted by molar-refractivity contribution is 0.459. The maximum Gasteiger partial charge on any atom is 0.301 e. The van der Waals surface area contributed by atoms with E-state index < -0.39 is 10.2 Å². The molecule has 18 heavy (non-hydrogen) atoms. The summed E-state index contributed by atoms with van der Waals surface area (Å²) < 4.78 is 27.5. The Hall–Kier alpha value is -1.25. The first-order valence-electron chi connectivity index (χ1n) is 5.76. The zero-order chi connectivity index (χ0) is 13.4. The summed E-state index contributed by atoms with van der Waals surface area (Å²) in [6.07, 6.45) is 4.93. The van der Waals surface area contributed by atoms with E-state index in [2.05, 4.69) is 20.0 Å². The molecule has 0 aromatic carbocycles. The van der Waals surface area contributed by atoms with Crippen molar-refractivity contribution >= 4 is 15.9 Å². The van der Waals surface area contributed by atoms with Crippen molar-refractivity contribution < 1.29 is 8.42 Å². The monoisotopic (exact) mass is 273 g/mol. The zero-order valence-electron chi connectivity index (χ0n) is 10.6. The van der Waals surface area contributed by atoms with Gasteiger partial charge in [0.15, 0.2) is 0 Å². The van der Waals surface area contributed by atoms with Crippen LogP contribution in [0.1, 0.15) is 13.3 Å². The Balaban J connectivity index is 2.47. The number of nitrogens with zero attached hydrogens (tertiary/aromatic N) is 3. The van der Waals surface area contributed by atoms with Gasteiger partial charge in [0.2, 0.25) is 0 Å². The summed E-state index contributed by atoms with van der Waals surface area (Å²) >= 11 is 0. The molecule has 0 aliphatic carbocycles. The average molecular weight is 273 g/mol. The smallest absolute Gasteiger partial charge is 0.301 e. The van der Waals surface area contributed by atoms with Gasteiger partial charge in [0, 0.05) is 13.6 Å². The van der Waals surface area contributed by atoms with Crippen LogP contribution in [0.15, 0.2) is 18.7 Å². The first kappa shape index (κ1) is 14.8. The first-order chi connectivity index (χ1) is 8.56. The summed E-state index contributed by atoms with van der Waals surface area (Å²) in [5, 5.41) is 3.14. The SMILES string of the molecule is CCNCCCN(C)S(=O)(=O)Nc1cncnc1. The van der Waals surface area contributed by atoms with Gasteiger partial charge in [-0.05, 0) is 19.5 Å². The molecule has 0 saturated carbocycles. The van der Waals surface area contributed by atoms with E-state index in [-0.39, 0.29) is 0 Å². The molecule has 1 aromatic rings. The molecule has 0 radical (unpaired) electrons. The van der Waals surface area contributed by atoms with Crippen LogP contribution in [0.2, 0.25) is 0 Å². The molecule has 0 unspecified atom stereocenters. The highest BCUT2D eigenvalue weighted by molar-refractivity contribution is 7.90. The molecule has 0 amide bonds. The molecule has 102 valence electrons. The number of hydrogen-bond acceptors (Lipinski definition) is 5. The molecule has 1 aromatic heterocycles. The van der Waals surface area contributed by atoms with Gasteiger partial charge < -0.3 is 5.32 Å². The van der Waals surface area contributed by atoms with Gasteiger partial charge in [-0.15, -0.1) is 0 Å². The van der Waals surface area contributed by atoms with E-state index in [1.54, 1.807) is 0 Å². The molecule has 1 heterocycles. The summed E-state index contributed by atoms with van der Waals surface area (Å²) in [5.41, 5.74) is 0.357. The molecular weight excluding hydrogens is 254 g/mol. The second-order valence-electron chi connectivity index (χ2n) is 3.76. The van der Waals surface area contributed by atoms with Crippen molar-refractivity contribution in [1.29, 1.82) is 0 Å². The Morgan fingerprint density at radius 1 is 1.33 bits per heavy atom. The third-order valence-corrected chi connectivity index (χ3v) is 3.79. The van der Waals surface area contributed by atoms with Crippen molar-refractivity contribution in [3.05, 3.63) is 18.7 Å². The third kappa shape index (κ3) is 4.94. The minimum atomic E-state index is -3.52. The van der Waals surface area contributed by atoms with Gasteiger partial charge in [0.25, 0.3) is 0 Å². The maximum absolute atomic E-state index is 11.9.